The molecule has 0 saturated heterocycles. The number of benzene rings is 1. The van der Waals surface area contributed by atoms with E-state index in [0.717, 1.165) is 22.6 Å². The summed E-state index contributed by atoms with van der Waals surface area (Å²) < 4.78 is 1.11. The Kier molecular flexibility index (Phi) is 6.34. The third kappa shape index (κ3) is 4.65. The second-order valence-corrected chi connectivity index (χ2v) is 9.55. The maximum absolute atomic E-state index is 4.87. The highest BCUT2D eigenvalue weighted by Gasteiger charge is 2.36. The van der Waals surface area contributed by atoms with Crippen molar-refractivity contribution in [2.45, 2.75) is 69.6 Å². The highest BCUT2D eigenvalue weighted by Crippen LogP contribution is 2.38. The zero-order valence-corrected chi connectivity index (χ0v) is 17.9. The standard InChI is InChI=1S/C23H32BrN3/c24-20-11-7-10-19(14-20)21-16-26-22(27-21)23(12-5-2-6-13-23)17-25-15-18-8-3-1-4-9-18/h7,10-11,14,16,18,25H,1-6,8-9,12-13,15,17H2,(H,26,27). The zero-order valence-electron chi connectivity index (χ0n) is 16.3. The molecule has 1 aromatic heterocycles. The largest absolute Gasteiger partial charge is 0.342 e. The van der Waals surface area contributed by atoms with Gasteiger partial charge < -0.3 is 10.3 Å². The van der Waals surface area contributed by atoms with Gasteiger partial charge >= 0.3 is 0 Å². The van der Waals surface area contributed by atoms with Crippen LogP contribution in [0.4, 0.5) is 0 Å². The monoisotopic (exact) mass is 429 g/mol. The van der Waals surface area contributed by atoms with Crippen LogP contribution >= 0.6 is 15.9 Å². The number of aromatic nitrogens is 2. The highest BCUT2D eigenvalue weighted by molar-refractivity contribution is 9.10. The van der Waals surface area contributed by atoms with E-state index in [1.54, 1.807) is 0 Å². The van der Waals surface area contributed by atoms with Crippen LogP contribution in [0.25, 0.3) is 11.3 Å². The number of hydrogen-bond donors (Lipinski definition) is 2. The predicted molar refractivity (Wildman–Crippen MR) is 116 cm³/mol. The maximum Gasteiger partial charge on any atom is 0.114 e. The van der Waals surface area contributed by atoms with Gasteiger partial charge in [-0.1, -0.05) is 66.6 Å². The van der Waals surface area contributed by atoms with Crippen molar-refractivity contribution in [1.29, 1.82) is 0 Å². The zero-order chi connectivity index (χ0) is 18.5. The van der Waals surface area contributed by atoms with E-state index in [4.69, 9.17) is 4.98 Å². The van der Waals surface area contributed by atoms with Gasteiger partial charge in [-0.05, 0) is 50.3 Å². The molecule has 2 aromatic rings. The molecule has 3 nitrogen and oxygen atoms in total. The van der Waals surface area contributed by atoms with Crippen molar-refractivity contribution in [2.24, 2.45) is 5.92 Å². The SMILES string of the molecule is Brc1cccc(-c2cnc(C3(CNCC4CCCCC4)CCCCC3)[nH]2)c1. The van der Waals surface area contributed by atoms with Gasteiger partial charge in [0, 0.05) is 22.0 Å². The topological polar surface area (TPSA) is 40.7 Å². The van der Waals surface area contributed by atoms with Gasteiger partial charge in [0.05, 0.1) is 11.9 Å². The molecule has 1 aromatic carbocycles. The van der Waals surface area contributed by atoms with Crippen LogP contribution in [-0.4, -0.2) is 23.1 Å². The van der Waals surface area contributed by atoms with Gasteiger partial charge in [0.1, 0.15) is 5.82 Å². The second-order valence-electron chi connectivity index (χ2n) is 8.63. The molecular formula is C23H32BrN3. The van der Waals surface area contributed by atoms with Crippen molar-refractivity contribution in [3.05, 3.63) is 40.8 Å². The third-order valence-electron chi connectivity index (χ3n) is 6.65. The molecular weight excluding hydrogens is 398 g/mol. The Labute approximate surface area is 171 Å². The first-order chi connectivity index (χ1) is 13.3. The quantitative estimate of drug-likeness (QED) is 0.572. The number of rotatable bonds is 6. The summed E-state index contributed by atoms with van der Waals surface area (Å²) in [4.78, 5) is 8.56. The molecule has 1 heterocycles. The van der Waals surface area contributed by atoms with Gasteiger partial charge in [-0.3, -0.25) is 0 Å². The molecule has 0 bridgehead atoms. The van der Waals surface area contributed by atoms with Crippen LogP contribution in [0.3, 0.4) is 0 Å². The van der Waals surface area contributed by atoms with Crippen LogP contribution in [-0.2, 0) is 5.41 Å². The van der Waals surface area contributed by atoms with Gasteiger partial charge in [-0.15, -0.1) is 0 Å². The summed E-state index contributed by atoms with van der Waals surface area (Å²) in [7, 11) is 0. The van der Waals surface area contributed by atoms with E-state index in [0.29, 0.717) is 0 Å². The molecule has 2 aliphatic carbocycles. The molecule has 0 amide bonds. The first-order valence-corrected chi connectivity index (χ1v) is 11.6. The number of hydrogen-bond acceptors (Lipinski definition) is 2. The Bertz CT molecular complexity index is 727. The molecule has 4 rings (SSSR count). The molecule has 146 valence electrons. The maximum atomic E-state index is 4.87. The highest BCUT2D eigenvalue weighted by atomic mass is 79.9. The average molecular weight is 430 g/mol. The minimum Gasteiger partial charge on any atom is -0.342 e. The van der Waals surface area contributed by atoms with E-state index in [1.165, 1.54) is 82.1 Å². The van der Waals surface area contributed by atoms with Gasteiger partial charge in [0.15, 0.2) is 0 Å². The molecule has 2 fully saturated rings. The number of H-pyrrole nitrogens is 1. The smallest absolute Gasteiger partial charge is 0.114 e. The van der Waals surface area contributed by atoms with Crippen molar-refractivity contribution in [2.75, 3.05) is 13.1 Å². The second kappa shape index (κ2) is 8.91. The summed E-state index contributed by atoms with van der Waals surface area (Å²) in [5.74, 6) is 2.07. The lowest BCUT2D eigenvalue weighted by Gasteiger charge is -2.36. The van der Waals surface area contributed by atoms with Gasteiger partial charge in [-0.25, -0.2) is 4.98 Å². The Morgan fingerprint density at radius 3 is 2.63 bits per heavy atom. The number of nitrogens with zero attached hydrogens (tertiary/aromatic N) is 1. The van der Waals surface area contributed by atoms with E-state index >= 15 is 0 Å². The average Bonchev–Trinajstić information content (AvgIpc) is 3.21. The number of aromatic amines is 1. The Morgan fingerprint density at radius 1 is 1.07 bits per heavy atom. The minimum absolute atomic E-state index is 0.178. The Balaban J connectivity index is 1.48. The minimum atomic E-state index is 0.178. The lowest BCUT2D eigenvalue weighted by atomic mass is 9.73. The summed E-state index contributed by atoms with van der Waals surface area (Å²) in [5, 5.41) is 3.85. The van der Waals surface area contributed by atoms with E-state index < -0.39 is 0 Å². The summed E-state index contributed by atoms with van der Waals surface area (Å²) >= 11 is 3.58. The van der Waals surface area contributed by atoms with E-state index in [1.807, 2.05) is 6.20 Å². The Morgan fingerprint density at radius 2 is 1.85 bits per heavy atom. The molecule has 0 radical (unpaired) electrons. The molecule has 0 aliphatic heterocycles. The lowest BCUT2D eigenvalue weighted by molar-refractivity contribution is 0.254. The Hall–Kier alpha value is -1.13. The third-order valence-corrected chi connectivity index (χ3v) is 7.14. The number of imidazole rings is 1. The first kappa shape index (κ1) is 19.2. The first-order valence-electron chi connectivity index (χ1n) is 10.8. The van der Waals surface area contributed by atoms with Gasteiger partial charge in [0.2, 0.25) is 0 Å². The molecule has 0 spiro atoms. The van der Waals surface area contributed by atoms with Crippen LogP contribution < -0.4 is 5.32 Å². The van der Waals surface area contributed by atoms with Crippen LogP contribution in [0, 0.1) is 5.92 Å². The summed E-state index contributed by atoms with van der Waals surface area (Å²) in [6.07, 6.45) is 15.6. The van der Waals surface area contributed by atoms with E-state index in [-0.39, 0.29) is 5.41 Å². The van der Waals surface area contributed by atoms with Crippen molar-refractivity contribution in [3.8, 4) is 11.3 Å². The van der Waals surface area contributed by atoms with Crippen molar-refractivity contribution in [1.82, 2.24) is 15.3 Å². The summed E-state index contributed by atoms with van der Waals surface area (Å²) in [6, 6.07) is 8.46. The van der Waals surface area contributed by atoms with Gasteiger partial charge in [-0.2, -0.15) is 0 Å². The fraction of sp³-hybridized carbons (Fsp3) is 0.609. The normalized spacial score (nSPS) is 20.6. The molecule has 2 saturated carbocycles. The summed E-state index contributed by atoms with van der Waals surface area (Å²) in [6.45, 7) is 2.25. The summed E-state index contributed by atoms with van der Waals surface area (Å²) in [5.41, 5.74) is 2.50. The van der Waals surface area contributed by atoms with Crippen molar-refractivity contribution < 1.29 is 0 Å². The lowest BCUT2D eigenvalue weighted by Crippen LogP contribution is -2.42. The van der Waals surface area contributed by atoms with Crippen LogP contribution in [0.2, 0.25) is 0 Å². The van der Waals surface area contributed by atoms with Crippen LogP contribution in [0.5, 0.6) is 0 Å². The molecule has 4 heteroatoms. The molecule has 27 heavy (non-hydrogen) atoms. The fourth-order valence-corrected chi connectivity index (χ4v) is 5.43. The molecule has 2 aliphatic rings. The predicted octanol–water partition coefficient (Wildman–Crippen LogP) is 6.21. The molecule has 2 N–H and O–H groups in total. The van der Waals surface area contributed by atoms with Gasteiger partial charge in [0.25, 0.3) is 0 Å². The van der Waals surface area contributed by atoms with E-state index in [2.05, 4.69) is 50.5 Å². The van der Waals surface area contributed by atoms with Crippen LogP contribution in [0.1, 0.15) is 70.0 Å². The van der Waals surface area contributed by atoms with Crippen molar-refractivity contribution >= 4 is 15.9 Å². The number of nitrogens with one attached hydrogen (secondary N) is 2. The molecule has 0 atom stereocenters. The fourth-order valence-electron chi connectivity index (χ4n) is 5.03. The van der Waals surface area contributed by atoms with Crippen molar-refractivity contribution in [3.63, 3.8) is 0 Å². The number of halogens is 1. The van der Waals surface area contributed by atoms with Crippen LogP contribution in [0.15, 0.2) is 34.9 Å². The molecule has 0 unspecified atom stereocenters. The van der Waals surface area contributed by atoms with E-state index in [9.17, 15) is 0 Å².